The summed E-state index contributed by atoms with van der Waals surface area (Å²) in [6, 6.07) is 8.85. The van der Waals surface area contributed by atoms with Crippen LogP contribution in [-0.4, -0.2) is 26.1 Å². The van der Waals surface area contributed by atoms with Gasteiger partial charge in [-0.15, -0.1) is 0 Å². The molecular weight excluding hydrogens is 274 g/mol. The van der Waals surface area contributed by atoms with E-state index in [-0.39, 0.29) is 11.7 Å². The second-order valence-corrected chi connectivity index (χ2v) is 6.86. The molecule has 1 unspecified atom stereocenters. The van der Waals surface area contributed by atoms with E-state index in [9.17, 15) is 13.2 Å². The number of carbonyl (C=O) groups is 1. The Morgan fingerprint density at radius 1 is 1.30 bits per heavy atom. The van der Waals surface area contributed by atoms with Crippen molar-refractivity contribution in [3.05, 3.63) is 41.8 Å². The van der Waals surface area contributed by atoms with Crippen LogP contribution in [0.2, 0.25) is 0 Å². The van der Waals surface area contributed by atoms with Crippen LogP contribution in [0.1, 0.15) is 26.2 Å². The number of amides is 1. The first-order chi connectivity index (χ1) is 9.53. The van der Waals surface area contributed by atoms with Crippen LogP contribution >= 0.6 is 0 Å². The summed E-state index contributed by atoms with van der Waals surface area (Å²) in [5.41, 5.74) is 0.750. The van der Waals surface area contributed by atoms with E-state index in [1.54, 1.807) is 11.0 Å². The molecule has 2 rings (SSSR count). The fourth-order valence-electron chi connectivity index (χ4n) is 2.28. The molecule has 0 saturated heterocycles. The molecule has 1 heterocycles. The number of hydrogen-bond donors (Lipinski definition) is 0. The van der Waals surface area contributed by atoms with E-state index in [1.807, 2.05) is 37.3 Å². The normalized spacial score (nSPS) is 19.9. The Morgan fingerprint density at radius 2 is 2.00 bits per heavy atom. The Hall–Kier alpha value is -1.62. The highest BCUT2D eigenvalue weighted by atomic mass is 32.2. The zero-order chi connectivity index (χ0) is 14.6. The minimum Gasteiger partial charge on any atom is -0.304 e. The molecule has 1 aromatic carbocycles. The molecule has 0 bridgehead atoms. The molecule has 1 aliphatic heterocycles. The molecule has 20 heavy (non-hydrogen) atoms. The van der Waals surface area contributed by atoms with Gasteiger partial charge in [-0.05, 0) is 24.6 Å². The quantitative estimate of drug-likeness (QED) is 0.838. The third kappa shape index (κ3) is 3.48. The minimum atomic E-state index is -3.18. The van der Waals surface area contributed by atoms with Crippen molar-refractivity contribution >= 4 is 21.4 Å². The second-order valence-electron chi connectivity index (χ2n) is 4.93. The molecule has 0 spiro atoms. The van der Waals surface area contributed by atoms with E-state index in [1.165, 1.54) is 5.41 Å². The fraction of sp³-hybridized carbons (Fsp3) is 0.400. The topological polar surface area (TPSA) is 54.5 Å². The molecule has 1 aliphatic rings. The fourth-order valence-corrected chi connectivity index (χ4v) is 3.55. The molecular formula is C15H19NO3S. The van der Waals surface area contributed by atoms with Gasteiger partial charge in [-0.2, -0.15) is 0 Å². The molecule has 0 radical (unpaired) electrons. The summed E-state index contributed by atoms with van der Waals surface area (Å²) >= 11 is 0. The number of hydrogen-bond acceptors (Lipinski definition) is 3. The predicted molar refractivity (Wildman–Crippen MR) is 80.2 cm³/mol. The van der Waals surface area contributed by atoms with Crippen LogP contribution in [-0.2, 0) is 14.6 Å². The monoisotopic (exact) mass is 293 g/mol. The first-order valence-corrected chi connectivity index (χ1v) is 8.53. The summed E-state index contributed by atoms with van der Waals surface area (Å²) in [5, 5.41) is 1.21. The zero-order valence-corrected chi connectivity index (χ0v) is 12.3. The van der Waals surface area contributed by atoms with E-state index in [0.717, 1.165) is 18.5 Å². The third-order valence-corrected chi connectivity index (χ3v) is 4.67. The summed E-state index contributed by atoms with van der Waals surface area (Å²) in [6.45, 7) is 2.03. The molecule has 0 saturated carbocycles. The molecule has 0 fully saturated rings. The Kier molecular flexibility index (Phi) is 4.60. The van der Waals surface area contributed by atoms with E-state index in [0.29, 0.717) is 6.42 Å². The maximum atomic E-state index is 12.4. The lowest BCUT2D eigenvalue weighted by Crippen LogP contribution is -2.41. The van der Waals surface area contributed by atoms with Crippen LogP contribution in [0.15, 0.2) is 41.8 Å². The zero-order valence-electron chi connectivity index (χ0n) is 11.5. The van der Waals surface area contributed by atoms with Crippen molar-refractivity contribution in [1.82, 2.24) is 0 Å². The molecule has 1 amide bonds. The molecule has 1 aromatic rings. The van der Waals surface area contributed by atoms with Crippen molar-refractivity contribution in [3.8, 4) is 0 Å². The molecule has 108 valence electrons. The Labute approximate surface area is 120 Å². The number of para-hydroxylation sites is 1. The van der Waals surface area contributed by atoms with E-state index < -0.39 is 15.9 Å². The van der Waals surface area contributed by atoms with Crippen LogP contribution in [0.25, 0.3) is 0 Å². The van der Waals surface area contributed by atoms with Crippen molar-refractivity contribution in [1.29, 1.82) is 0 Å². The standard InChI is InChI=1S/C15H19NO3S/c1-2-3-9-15(17)16(13-7-5-4-6-8-13)14-10-11-20(18,19)12-14/h4-8,10-11,14H,2-3,9,12H2,1H3. The summed E-state index contributed by atoms with van der Waals surface area (Å²) < 4.78 is 23.2. The maximum absolute atomic E-state index is 12.4. The van der Waals surface area contributed by atoms with Crippen LogP contribution in [0.5, 0.6) is 0 Å². The van der Waals surface area contributed by atoms with Crippen LogP contribution in [0, 0.1) is 0 Å². The summed E-state index contributed by atoms with van der Waals surface area (Å²) in [6.07, 6.45) is 3.79. The van der Waals surface area contributed by atoms with Gasteiger partial charge in [0.2, 0.25) is 5.91 Å². The van der Waals surface area contributed by atoms with Gasteiger partial charge in [0.05, 0.1) is 11.8 Å². The van der Waals surface area contributed by atoms with Gasteiger partial charge < -0.3 is 4.90 Å². The van der Waals surface area contributed by atoms with Crippen molar-refractivity contribution in [2.45, 2.75) is 32.2 Å². The first kappa shape index (κ1) is 14.8. The van der Waals surface area contributed by atoms with E-state index in [4.69, 9.17) is 0 Å². The average Bonchev–Trinajstić information content (AvgIpc) is 2.78. The first-order valence-electron chi connectivity index (χ1n) is 6.81. The molecule has 1 atom stereocenters. The van der Waals surface area contributed by atoms with Gasteiger partial charge in [-0.25, -0.2) is 8.42 Å². The predicted octanol–water partition coefficient (Wildman–Crippen LogP) is 2.52. The molecule has 0 aliphatic carbocycles. The number of rotatable bonds is 5. The van der Waals surface area contributed by atoms with Gasteiger partial charge in [0.15, 0.2) is 9.84 Å². The lowest BCUT2D eigenvalue weighted by molar-refractivity contribution is -0.118. The number of anilines is 1. The highest BCUT2D eigenvalue weighted by Gasteiger charge is 2.30. The van der Waals surface area contributed by atoms with Crippen molar-refractivity contribution in [2.24, 2.45) is 0 Å². The summed E-state index contributed by atoms with van der Waals surface area (Å²) in [4.78, 5) is 14.0. The SMILES string of the molecule is CCCCC(=O)N(c1ccccc1)C1C=CS(=O)(=O)C1. The van der Waals surface area contributed by atoms with Gasteiger partial charge in [0, 0.05) is 17.5 Å². The van der Waals surface area contributed by atoms with Crippen LogP contribution in [0.3, 0.4) is 0 Å². The van der Waals surface area contributed by atoms with Crippen molar-refractivity contribution < 1.29 is 13.2 Å². The van der Waals surface area contributed by atoms with Crippen molar-refractivity contribution in [3.63, 3.8) is 0 Å². The third-order valence-electron chi connectivity index (χ3n) is 3.29. The molecule has 0 aromatic heterocycles. The van der Waals surface area contributed by atoms with Gasteiger partial charge in [0.1, 0.15) is 0 Å². The largest absolute Gasteiger partial charge is 0.304 e. The summed E-state index contributed by atoms with van der Waals surface area (Å²) in [7, 11) is -3.18. The number of unbranched alkanes of at least 4 members (excludes halogenated alkanes) is 1. The van der Waals surface area contributed by atoms with E-state index in [2.05, 4.69) is 0 Å². The van der Waals surface area contributed by atoms with Gasteiger partial charge in [-0.1, -0.05) is 31.5 Å². The second kappa shape index (κ2) is 6.22. The maximum Gasteiger partial charge on any atom is 0.227 e. The summed E-state index contributed by atoms with van der Waals surface area (Å²) in [5.74, 6) is -0.0513. The number of nitrogens with zero attached hydrogens (tertiary/aromatic N) is 1. The minimum absolute atomic E-state index is 0.0233. The molecule has 4 nitrogen and oxygen atoms in total. The smallest absolute Gasteiger partial charge is 0.227 e. The lowest BCUT2D eigenvalue weighted by Gasteiger charge is -2.27. The molecule has 5 heteroatoms. The van der Waals surface area contributed by atoms with Crippen molar-refractivity contribution in [2.75, 3.05) is 10.7 Å². The highest BCUT2D eigenvalue weighted by molar-refractivity contribution is 7.94. The highest BCUT2D eigenvalue weighted by Crippen LogP contribution is 2.23. The molecule has 0 N–H and O–H groups in total. The number of sulfone groups is 1. The Balaban J connectivity index is 2.26. The average molecular weight is 293 g/mol. The lowest BCUT2D eigenvalue weighted by atomic mass is 10.1. The Morgan fingerprint density at radius 3 is 2.55 bits per heavy atom. The van der Waals surface area contributed by atoms with Crippen LogP contribution < -0.4 is 4.90 Å². The Bertz CT molecular complexity index is 593. The van der Waals surface area contributed by atoms with E-state index >= 15 is 0 Å². The number of carbonyl (C=O) groups excluding carboxylic acids is 1. The van der Waals surface area contributed by atoms with Gasteiger partial charge in [0.25, 0.3) is 0 Å². The number of benzene rings is 1. The van der Waals surface area contributed by atoms with Gasteiger partial charge >= 0.3 is 0 Å². The van der Waals surface area contributed by atoms with Gasteiger partial charge in [-0.3, -0.25) is 4.79 Å². The van der Waals surface area contributed by atoms with Crippen LogP contribution in [0.4, 0.5) is 5.69 Å².